The minimum atomic E-state index is 0.643. The Morgan fingerprint density at radius 1 is 0.283 bits per heavy atom. The van der Waals surface area contributed by atoms with Crippen molar-refractivity contribution in [3.05, 3.63) is 206 Å². The number of hydrogen-bond acceptors (Lipinski definition) is 1. The van der Waals surface area contributed by atoms with Crippen LogP contribution in [0.1, 0.15) is 5.56 Å². The fraction of sp³-hybridized carbons (Fsp3) is 0. The number of hydrogen-bond donors (Lipinski definition) is 0. The van der Waals surface area contributed by atoms with E-state index in [9.17, 15) is 5.26 Å². The van der Waals surface area contributed by atoms with Gasteiger partial charge in [-0.05, 0) is 97.1 Å². The van der Waals surface area contributed by atoms with Gasteiger partial charge in [0, 0.05) is 65.8 Å². The lowest BCUT2D eigenvalue weighted by atomic mass is 10.1. The van der Waals surface area contributed by atoms with Gasteiger partial charge >= 0.3 is 0 Å². The predicted octanol–water partition coefficient (Wildman–Crippen LogP) is 13.9. The van der Waals surface area contributed by atoms with E-state index in [1.165, 1.54) is 48.9 Å². The molecule has 0 aliphatic carbocycles. The molecule has 0 N–H and O–H groups in total. The molecule has 0 bridgehead atoms. The molecule has 0 amide bonds. The van der Waals surface area contributed by atoms with E-state index in [2.05, 4.69) is 218 Å². The smallest absolute Gasteiger partial charge is 0.0991 e. The second kappa shape index (κ2) is 12.3. The molecule has 0 aliphatic rings. The normalized spacial score (nSPS) is 12.0. The summed E-state index contributed by atoms with van der Waals surface area (Å²) < 4.78 is 9.64. The highest BCUT2D eigenvalue weighted by Gasteiger charge is 2.24. The molecule has 0 fully saturated rings. The molecular formula is C55H33N5. The Morgan fingerprint density at radius 2 is 0.717 bits per heavy atom. The van der Waals surface area contributed by atoms with Gasteiger partial charge in [0.25, 0.3) is 0 Å². The standard InChI is InChI=1S/C55H33N5/c56-34-35-24-28-49-45(32-35)53-51(58(49)37-16-6-2-7-17-37)30-26-41-40-20-10-12-22-46(40)60(54(41)53)39-25-29-48-44(33-39)42-27-31-50-52(55(42)59(48)38-18-8-3-9-19-38)43-21-11-13-23-47(43)57(50)36-14-4-1-5-15-36/h1-33H. The summed E-state index contributed by atoms with van der Waals surface area (Å²) in [6.07, 6.45) is 0. The van der Waals surface area contributed by atoms with E-state index in [1.807, 2.05) is 6.07 Å². The number of rotatable bonds is 4. The van der Waals surface area contributed by atoms with Gasteiger partial charge in [0.15, 0.2) is 0 Å². The first-order valence-electron chi connectivity index (χ1n) is 20.3. The number of nitrogens with zero attached hydrogens (tertiary/aromatic N) is 5. The van der Waals surface area contributed by atoms with Gasteiger partial charge < -0.3 is 18.3 Å². The minimum absolute atomic E-state index is 0.643. The van der Waals surface area contributed by atoms with Crippen molar-refractivity contribution in [2.24, 2.45) is 0 Å². The second-order valence-electron chi connectivity index (χ2n) is 15.6. The molecule has 4 heterocycles. The largest absolute Gasteiger partial charge is 0.309 e. The topological polar surface area (TPSA) is 43.5 Å². The molecule has 0 atom stereocenters. The molecule has 9 aromatic carbocycles. The molecule has 13 aromatic rings. The molecule has 278 valence electrons. The summed E-state index contributed by atoms with van der Waals surface area (Å²) in [7, 11) is 0. The Labute approximate surface area is 344 Å². The van der Waals surface area contributed by atoms with Crippen LogP contribution in [0.15, 0.2) is 200 Å². The van der Waals surface area contributed by atoms with E-state index in [-0.39, 0.29) is 0 Å². The molecule has 4 aromatic heterocycles. The van der Waals surface area contributed by atoms with E-state index in [0.29, 0.717) is 5.56 Å². The monoisotopic (exact) mass is 763 g/mol. The van der Waals surface area contributed by atoms with Crippen molar-refractivity contribution in [2.45, 2.75) is 0 Å². The SMILES string of the molecule is N#Cc1ccc2c(c1)c1c(ccc3c4ccccc4n(-c4ccc5c(c4)c4ccc6c(c7ccccc7n6-c6ccccc6)c4n5-c4ccccc4)c31)n2-c1ccccc1. The van der Waals surface area contributed by atoms with Crippen LogP contribution >= 0.6 is 0 Å². The maximum absolute atomic E-state index is 10.1. The number of aromatic nitrogens is 4. The van der Waals surface area contributed by atoms with E-state index < -0.39 is 0 Å². The van der Waals surface area contributed by atoms with Gasteiger partial charge in [-0.2, -0.15) is 5.26 Å². The minimum Gasteiger partial charge on any atom is -0.309 e. The quantitative estimate of drug-likeness (QED) is 0.176. The zero-order valence-corrected chi connectivity index (χ0v) is 32.3. The van der Waals surface area contributed by atoms with Crippen LogP contribution in [-0.4, -0.2) is 18.3 Å². The lowest BCUT2D eigenvalue weighted by molar-refractivity contribution is 1.17. The van der Waals surface area contributed by atoms with Crippen molar-refractivity contribution in [2.75, 3.05) is 0 Å². The Bertz CT molecular complexity index is 3930. The van der Waals surface area contributed by atoms with Crippen molar-refractivity contribution >= 4 is 87.2 Å². The second-order valence-corrected chi connectivity index (χ2v) is 15.6. The Morgan fingerprint density at radius 3 is 1.33 bits per heavy atom. The highest BCUT2D eigenvalue weighted by molar-refractivity contribution is 6.28. The highest BCUT2D eigenvalue weighted by atomic mass is 15.0. The Hall–Kier alpha value is -8.33. The number of nitriles is 1. The molecule has 0 radical (unpaired) electrons. The van der Waals surface area contributed by atoms with Crippen molar-refractivity contribution in [1.29, 1.82) is 5.26 Å². The van der Waals surface area contributed by atoms with Gasteiger partial charge in [0.1, 0.15) is 0 Å². The maximum Gasteiger partial charge on any atom is 0.0991 e. The summed E-state index contributed by atoms with van der Waals surface area (Å²) in [6.45, 7) is 0. The molecule has 5 nitrogen and oxygen atoms in total. The van der Waals surface area contributed by atoms with Crippen LogP contribution in [0.25, 0.3) is 110 Å². The van der Waals surface area contributed by atoms with Crippen LogP contribution in [0.4, 0.5) is 0 Å². The Balaban J connectivity index is 1.18. The average molecular weight is 764 g/mol. The Kier molecular flexibility index (Phi) is 6.73. The van der Waals surface area contributed by atoms with Crippen molar-refractivity contribution in [3.8, 4) is 28.8 Å². The van der Waals surface area contributed by atoms with Crippen LogP contribution in [0.3, 0.4) is 0 Å². The van der Waals surface area contributed by atoms with Gasteiger partial charge in [-0.1, -0.05) is 103 Å². The maximum atomic E-state index is 10.1. The third-order valence-corrected chi connectivity index (χ3v) is 12.5. The zero-order chi connectivity index (χ0) is 39.5. The molecule has 0 saturated heterocycles. The first-order valence-corrected chi connectivity index (χ1v) is 20.3. The van der Waals surface area contributed by atoms with E-state index in [0.717, 1.165) is 61.1 Å². The summed E-state index contributed by atoms with van der Waals surface area (Å²) in [5.74, 6) is 0. The third kappa shape index (κ3) is 4.39. The number of benzene rings is 9. The number of para-hydroxylation sites is 5. The molecule has 0 aliphatic heterocycles. The molecule has 60 heavy (non-hydrogen) atoms. The average Bonchev–Trinajstić information content (AvgIpc) is 4.04. The first-order chi connectivity index (χ1) is 29.8. The first kappa shape index (κ1) is 32.7. The third-order valence-electron chi connectivity index (χ3n) is 12.5. The van der Waals surface area contributed by atoms with E-state index in [1.54, 1.807) is 0 Å². The summed E-state index contributed by atoms with van der Waals surface area (Å²) in [6, 6.07) is 74.1. The summed E-state index contributed by atoms with van der Waals surface area (Å²) in [4.78, 5) is 0. The molecule has 0 unspecified atom stereocenters. The van der Waals surface area contributed by atoms with Crippen LogP contribution in [-0.2, 0) is 0 Å². The van der Waals surface area contributed by atoms with Crippen LogP contribution in [0.5, 0.6) is 0 Å². The molecule has 0 spiro atoms. The van der Waals surface area contributed by atoms with Gasteiger partial charge in [-0.25, -0.2) is 0 Å². The van der Waals surface area contributed by atoms with Crippen LogP contribution < -0.4 is 0 Å². The summed E-state index contributed by atoms with van der Waals surface area (Å²) >= 11 is 0. The van der Waals surface area contributed by atoms with Crippen molar-refractivity contribution < 1.29 is 0 Å². The molecule has 0 saturated carbocycles. The lowest BCUT2D eigenvalue weighted by Gasteiger charge is -2.12. The van der Waals surface area contributed by atoms with Crippen LogP contribution in [0.2, 0.25) is 0 Å². The van der Waals surface area contributed by atoms with E-state index in [4.69, 9.17) is 0 Å². The van der Waals surface area contributed by atoms with Gasteiger partial charge in [-0.15, -0.1) is 0 Å². The van der Waals surface area contributed by atoms with Gasteiger partial charge in [-0.3, -0.25) is 0 Å². The molecule has 5 heteroatoms. The van der Waals surface area contributed by atoms with Crippen molar-refractivity contribution in [3.63, 3.8) is 0 Å². The predicted molar refractivity (Wildman–Crippen MR) is 249 cm³/mol. The fourth-order valence-corrected chi connectivity index (χ4v) is 10.1. The number of fused-ring (bicyclic) bond motifs is 14. The van der Waals surface area contributed by atoms with Crippen molar-refractivity contribution in [1.82, 2.24) is 18.3 Å². The summed E-state index contributed by atoms with van der Waals surface area (Å²) in [5, 5.41) is 19.5. The fourth-order valence-electron chi connectivity index (χ4n) is 10.1. The van der Waals surface area contributed by atoms with Crippen LogP contribution in [0, 0.1) is 11.3 Å². The lowest BCUT2D eigenvalue weighted by Crippen LogP contribution is -1.96. The molecule has 13 rings (SSSR count). The highest BCUT2D eigenvalue weighted by Crippen LogP contribution is 2.45. The van der Waals surface area contributed by atoms with Gasteiger partial charge in [0.05, 0.1) is 55.8 Å². The van der Waals surface area contributed by atoms with Gasteiger partial charge in [0.2, 0.25) is 0 Å². The molecular weight excluding hydrogens is 731 g/mol. The zero-order valence-electron chi connectivity index (χ0n) is 32.3. The van der Waals surface area contributed by atoms with E-state index >= 15 is 0 Å². The summed E-state index contributed by atoms with van der Waals surface area (Å²) in [5.41, 5.74) is 14.2.